The van der Waals surface area contributed by atoms with Gasteiger partial charge in [0.2, 0.25) is 0 Å². The zero-order valence-electron chi connectivity index (χ0n) is 11.4. The average molecular weight is 251 g/mol. The van der Waals surface area contributed by atoms with Crippen LogP contribution in [0.5, 0.6) is 11.5 Å². The van der Waals surface area contributed by atoms with Gasteiger partial charge < -0.3 is 14.8 Å². The lowest BCUT2D eigenvalue weighted by atomic mass is 10.2. The molecule has 0 spiro atoms. The Morgan fingerprint density at radius 2 is 1.72 bits per heavy atom. The summed E-state index contributed by atoms with van der Waals surface area (Å²) in [5.41, 5.74) is 0. The molecule has 1 rings (SSSR count). The van der Waals surface area contributed by atoms with Gasteiger partial charge in [-0.2, -0.15) is 0 Å². The van der Waals surface area contributed by atoms with Gasteiger partial charge in [-0.25, -0.2) is 0 Å². The smallest absolute Gasteiger partial charge is 0.260 e. The van der Waals surface area contributed by atoms with Gasteiger partial charge in [0.05, 0.1) is 7.11 Å². The van der Waals surface area contributed by atoms with E-state index in [1.54, 1.807) is 38.3 Å². The molecule has 4 nitrogen and oxygen atoms in total. The van der Waals surface area contributed by atoms with Crippen molar-refractivity contribution >= 4 is 5.91 Å². The number of carbonyl (C=O) groups excluding carboxylic acids is 1. The summed E-state index contributed by atoms with van der Waals surface area (Å²) in [6, 6.07) is 7.16. The summed E-state index contributed by atoms with van der Waals surface area (Å²) in [5.74, 6) is 1.75. The van der Waals surface area contributed by atoms with E-state index in [1.807, 2.05) is 0 Å². The SMILES string of the molecule is COc1ccc(O[C@H](C)C(=O)NCC(C)C)cc1. The topological polar surface area (TPSA) is 47.6 Å². The Morgan fingerprint density at radius 1 is 1.17 bits per heavy atom. The zero-order chi connectivity index (χ0) is 13.5. The number of ether oxygens (including phenoxy) is 2. The molecule has 0 bridgehead atoms. The number of benzene rings is 1. The molecule has 1 amide bonds. The maximum absolute atomic E-state index is 11.7. The molecule has 1 aromatic carbocycles. The van der Waals surface area contributed by atoms with E-state index < -0.39 is 6.10 Å². The minimum absolute atomic E-state index is 0.0977. The number of amides is 1. The zero-order valence-corrected chi connectivity index (χ0v) is 11.4. The largest absolute Gasteiger partial charge is 0.497 e. The van der Waals surface area contributed by atoms with Crippen molar-refractivity contribution in [2.45, 2.75) is 26.9 Å². The molecule has 0 aromatic heterocycles. The quantitative estimate of drug-likeness (QED) is 0.843. The second kappa shape index (κ2) is 6.89. The van der Waals surface area contributed by atoms with Crippen molar-refractivity contribution in [2.75, 3.05) is 13.7 Å². The molecular formula is C14H21NO3. The monoisotopic (exact) mass is 251 g/mol. The molecule has 0 heterocycles. The lowest BCUT2D eigenvalue weighted by Crippen LogP contribution is -2.38. The van der Waals surface area contributed by atoms with Gasteiger partial charge in [0.25, 0.3) is 5.91 Å². The molecule has 0 unspecified atom stereocenters. The first-order valence-electron chi connectivity index (χ1n) is 6.11. The lowest BCUT2D eigenvalue weighted by molar-refractivity contribution is -0.127. The van der Waals surface area contributed by atoms with Crippen LogP contribution in [-0.2, 0) is 4.79 Å². The lowest BCUT2D eigenvalue weighted by Gasteiger charge is -2.15. The minimum atomic E-state index is -0.503. The van der Waals surface area contributed by atoms with Crippen LogP contribution < -0.4 is 14.8 Å². The molecule has 4 heteroatoms. The van der Waals surface area contributed by atoms with Gasteiger partial charge >= 0.3 is 0 Å². The van der Waals surface area contributed by atoms with E-state index in [0.29, 0.717) is 18.2 Å². The molecule has 1 N–H and O–H groups in total. The van der Waals surface area contributed by atoms with Crippen molar-refractivity contribution in [3.05, 3.63) is 24.3 Å². The van der Waals surface area contributed by atoms with Gasteiger partial charge in [-0.05, 0) is 37.1 Å². The van der Waals surface area contributed by atoms with Crippen molar-refractivity contribution in [1.82, 2.24) is 5.32 Å². The highest BCUT2D eigenvalue weighted by atomic mass is 16.5. The van der Waals surface area contributed by atoms with Crippen LogP contribution in [-0.4, -0.2) is 25.7 Å². The van der Waals surface area contributed by atoms with Gasteiger partial charge in [-0.15, -0.1) is 0 Å². The average Bonchev–Trinajstić information content (AvgIpc) is 2.36. The van der Waals surface area contributed by atoms with E-state index in [4.69, 9.17) is 9.47 Å². The predicted molar refractivity (Wildman–Crippen MR) is 70.9 cm³/mol. The Kier molecular flexibility index (Phi) is 5.49. The molecule has 0 aliphatic rings. The van der Waals surface area contributed by atoms with Gasteiger partial charge in [0.1, 0.15) is 11.5 Å². The van der Waals surface area contributed by atoms with E-state index in [0.717, 1.165) is 5.75 Å². The minimum Gasteiger partial charge on any atom is -0.497 e. The van der Waals surface area contributed by atoms with E-state index in [1.165, 1.54) is 0 Å². The maximum Gasteiger partial charge on any atom is 0.260 e. The third kappa shape index (κ3) is 4.65. The fraction of sp³-hybridized carbons (Fsp3) is 0.500. The van der Waals surface area contributed by atoms with Crippen molar-refractivity contribution < 1.29 is 14.3 Å². The molecule has 100 valence electrons. The first-order valence-corrected chi connectivity index (χ1v) is 6.11. The van der Waals surface area contributed by atoms with Crippen molar-refractivity contribution in [3.8, 4) is 11.5 Å². The van der Waals surface area contributed by atoms with E-state index in [9.17, 15) is 4.79 Å². The molecule has 18 heavy (non-hydrogen) atoms. The number of methoxy groups -OCH3 is 1. The molecule has 0 fully saturated rings. The number of hydrogen-bond acceptors (Lipinski definition) is 3. The van der Waals surface area contributed by atoms with Crippen LogP contribution in [0.2, 0.25) is 0 Å². The molecule has 0 aliphatic heterocycles. The summed E-state index contributed by atoms with van der Waals surface area (Å²) in [6.45, 7) is 6.50. The highest BCUT2D eigenvalue weighted by Crippen LogP contribution is 2.18. The van der Waals surface area contributed by atoms with Crippen LogP contribution in [0, 0.1) is 5.92 Å². The highest BCUT2D eigenvalue weighted by Gasteiger charge is 2.14. The fourth-order valence-corrected chi connectivity index (χ4v) is 1.36. The van der Waals surface area contributed by atoms with Gasteiger partial charge in [0.15, 0.2) is 6.10 Å². The first kappa shape index (κ1) is 14.4. The van der Waals surface area contributed by atoms with E-state index in [2.05, 4.69) is 19.2 Å². The van der Waals surface area contributed by atoms with Crippen LogP contribution in [0.15, 0.2) is 24.3 Å². The summed E-state index contributed by atoms with van der Waals surface area (Å²) in [6.07, 6.45) is -0.503. The predicted octanol–water partition coefficient (Wildman–Crippen LogP) is 2.23. The van der Waals surface area contributed by atoms with Crippen LogP contribution >= 0.6 is 0 Å². The van der Waals surface area contributed by atoms with Crippen LogP contribution in [0.25, 0.3) is 0 Å². The Balaban J connectivity index is 2.47. The Bertz CT molecular complexity index is 373. The number of nitrogens with one attached hydrogen (secondary N) is 1. The number of hydrogen-bond donors (Lipinski definition) is 1. The Labute approximate surface area is 108 Å². The molecule has 0 aliphatic carbocycles. The van der Waals surface area contributed by atoms with Crippen molar-refractivity contribution in [3.63, 3.8) is 0 Å². The summed E-state index contributed by atoms with van der Waals surface area (Å²) in [4.78, 5) is 11.7. The van der Waals surface area contributed by atoms with Crippen LogP contribution in [0.4, 0.5) is 0 Å². The standard InChI is InChI=1S/C14H21NO3/c1-10(2)9-15-14(16)11(3)18-13-7-5-12(17-4)6-8-13/h5-8,10-11H,9H2,1-4H3,(H,15,16)/t11-/m1/s1. The Hall–Kier alpha value is -1.71. The number of rotatable bonds is 6. The molecule has 0 saturated carbocycles. The highest BCUT2D eigenvalue weighted by molar-refractivity contribution is 5.80. The second-order valence-electron chi connectivity index (χ2n) is 4.57. The molecule has 1 atom stereocenters. The first-order chi connectivity index (χ1) is 8.52. The van der Waals surface area contributed by atoms with Gasteiger partial charge in [-0.1, -0.05) is 13.8 Å². The van der Waals surface area contributed by atoms with Crippen LogP contribution in [0.3, 0.4) is 0 Å². The summed E-state index contributed by atoms with van der Waals surface area (Å²) in [5, 5.41) is 2.84. The molecule has 1 aromatic rings. The molecule has 0 saturated heterocycles. The summed E-state index contributed by atoms with van der Waals surface area (Å²) < 4.78 is 10.6. The van der Waals surface area contributed by atoms with Gasteiger partial charge in [0, 0.05) is 6.54 Å². The summed E-state index contributed by atoms with van der Waals surface area (Å²) >= 11 is 0. The van der Waals surface area contributed by atoms with Crippen molar-refractivity contribution in [1.29, 1.82) is 0 Å². The third-order valence-electron chi connectivity index (χ3n) is 2.43. The molecular weight excluding hydrogens is 230 g/mol. The van der Waals surface area contributed by atoms with Crippen LogP contribution in [0.1, 0.15) is 20.8 Å². The third-order valence-corrected chi connectivity index (χ3v) is 2.43. The van der Waals surface area contributed by atoms with E-state index >= 15 is 0 Å². The maximum atomic E-state index is 11.7. The van der Waals surface area contributed by atoms with Gasteiger partial charge in [-0.3, -0.25) is 4.79 Å². The fourth-order valence-electron chi connectivity index (χ4n) is 1.36. The Morgan fingerprint density at radius 3 is 2.22 bits per heavy atom. The van der Waals surface area contributed by atoms with E-state index in [-0.39, 0.29) is 5.91 Å². The second-order valence-corrected chi connectivity index (χ2v) is 4.57. The van der Waals surface area contributed by atoms with Crippen molar-refractivity contribution in [2.24, 2.45) is 5.92 Å². The number of carbonyl (C=O) groups is 1. The normalized spacial score (nSPS) is 12.1. The molecule has 0 radical (unpaired) electrons. The summed E-state index contributed by atoms with van der Waals surface area (Å²) in [7, 11) is 1.61.